The number of benzene rings is 1. The van der Waals surface area contributed by atoms with Crippen molar-refractivity contribution in [3.8, 4) is 5.75 Å². The first-order chi connectivity index (χ1) is 12.1. The number of nitrogens with zero attached hydrogens (tertiary/aromatic N) is 3. The summed E-state index contributed by atoms with van der Waals surface area (Å²) in [6.07, 6.45) is 1.53. The van der Waals surface area contributed by atoms with Crippen molar-refractivity contribution in [2.45, 2.75) is 6.54 Å². The number of aromatic nitrogens is 1. The summed E-state index contributed by atoms with van der Waals surface area (Å²) in [5.41, 5.74) is 1.24. The van der Waals surface area contributed by atoms with Gasteiger partial charge in [-0.3, -0.25) is 14.7 Å². The molecule has 1 aliphatic heterocycles. The molecule has 7 heteroatoms. The number of methoxy groups -OCH3 is 1. The third-order valence-electron chi connectivity index (χ3n) is 4.22. The quantitative estimate of drug-likeness (QED) is 0.838. The molecule has 0 unspecified atom stereocenters. The van der Waals surface area contributed by atoms with Gasteiger partial charge >= 0.3 is 0 Å². The molecule has 3 rings (SSSR count). The van der Waals surface area contributed by atoms with Crippen LogP contribution < -0.4 is 4.74 Å². The van der Waals surface area contributed by atoms with Crippen molar-refractivity contribution < 1.29 is 13.9 Å². The number of rotatable bonds is 4. The van der Waals surface area contributed by atoms with Crippen LogP contribution in [0, 0.1) is 5.82 Å². The summed E-state index contributed by atoms with van der Waals surface area (Å²) in [5.74, 6) is -0.230. The van der Waals surface area contributed by atoms with Gasteiger partial charge in [0.2, 0.25) is 0 Å². The molecule has 0 spiro atoms. The first-order valence-corrected chi connectivity index (χ1v) is 8.40. The second kappa shape index (κ2) is 7.80. The van der Waals surface area contributed by atoms with Gasteiger partial charge in [0.1, 0.15) is 5.69 Å². The summed E-state index contributed by atoms with van der Waals surface area (Å²) in [7, 11) is 1.45. The fourth-order valence-corrected chi connectivity index (χ4v) is 3.02. The molecule has 132 valence electrons. The van der Waals surface area contributed by atoms with Gasteiger partial charge in [0, 0.05) is 43.9 Å². The Balaban J connectivity index is 1.56. The lowest BCUT2D eigenvalue weighted by Crippen LogP contribution is -2.48. The van der Waals surface area contributed by atoms with Gasteiger partial charge in [-0.05, 0) is 29.8 Å². The molecule has 1 fully saturated rings. The van der Waals surface area contributed by atoms with E-state index in [0.717, 1.165) is 18.7 Å². The highest BCUT2D eigenvalue weighted by Crippen LogP contribution is 2.19. The monoisotopic (exact) mass is 363 g/mol. The zero-order valence-electron chi connectivity index (χ0n) is 13.9. The maximum absolute atomic E-state index is 13.8. The Labute approximate surface area is 151 Å². The molecule has 1 aromatic heterocycles. The molecule has 2 heterocycles. The minimum atomic E-state index is -0.360. The number of piperazine rings is 1. The number of hydrogen-bond acceptors (Lipinski definition) is 4. The van der Waals surface area contributed by atoms with Gasteiger partial charge in [-0.15, -0.1) is 0 Å². The molecule has 1 aromatic carbocycles. The van der Waals surface area contributed by atoms with E-state index in [1.165, 1.54) is 19.4 Å². The Morgan fingerprint density at radius 1 is 1.24 bits per heavy atom. The molecule has 0 aliphatic carbocycles. The number of amides is 1. The second-order valence-electron chi connectivity index (χ2n) is 5.90. The number of ether oxygens (including phenoxy) is 1. The van der Waals surface area contributed by atoms with Crippen molar-refractivity contribution in [3.63, 3.8) is 0 Å². The lowest BCUT2D eigenvalue weighted by atomic mass is 10.1. The summed E-state index contributed by atoms with van der Waals surface area (Å²) in [6, 6.07) is 8.21. The molecule has 0 radical (unpaired) electrons. The lowest BCUT2D eigenvalue weighted by Gasteiger charge is -2.34. The minimum absolute atomic E-state index is 0.113. The third-order valence-corrected chi connectivity index (χ3v) is 4.46. The number of carbonyl (C=O) groups excluding carboxylic acids is 1. The van der Waals surface area contributed by atoms with E-state index in [-0.39, 0.29) is 17.5 Å². The molecule has 1 amide bonds. The highest BCUT2D eigenvalue weighted by Gasteiger charge is 2.23. The van der Waals surface area contributed by atoms with Gasteiger partial charge in [0.25, 0.3) is 5.91 Å². The SMILES string of the molecule is COc1ccc(CN2CCN(C(=O)c3cc(Cl)ccn3)CC2)cc1F. The van der Waals surface area contributed by atoms with Crippen LogP contribution in [0.4, 0.5) is 4.39 Å². The first kappa shape index (κ1) is 17.6. The fraction of sp³-hybridized carbons (Fsp3) is 0.333. The van der Waals surface area contributed by atoms with Crippen LogP contribution in [0.25, 0.3) is 0 Å². The number of halogens is 2. The van der Waals surface area contributed by atoms with Crippen molar-refractivity contribution >= 4 is 17.5 Å². The highest BCUT2D eigenvalue weighted by atomic mass is 35.5. The summed E-state index contributed by atoms with van der Waals surface area (Å²) in [5, 5.41) is 0.499. The number of hydrogen-bond donors (Lipinski definition) is 0. The van der Waals surface area contributed by atoms with E-state index in [9.17, 15) is 9.18 Å². The van der Waals surface area contributed by atoms with Crippen LogP contribution in [0.15, 0.2) is 36.5 Å². The Hall–Kier alpha value is -2.18. The third kappa shape index (κ3) is 4.27. The first-order valence-electron chi connectivity index (χ1n) is 8.02. The number of pyridine rings is 1. The highest BCUT2D eigenvalue weighted by molar-refractivity contribution is 6.30. The van der Waals surface area contributed by atoms with Crippen molar-refractivity contribution in [2.75, 3.05) is 33.3 Å². The summed E-state index contributed by atoms with van der Waals surface area (Å²) in [4.78, 5) is 20.5. The van der Waals surface area contributed by atoms with E-state index in [4.69, 9.17) is 16.3 Å². The van der Waals surface area contributed by atoms with Crippen molar-refractivity contribution in [2.24, 2.45) is 0 Å². The van der Waals surface area contributed by atoms with E-state index < -0.39 is 0 Å². The van der Waals surface area contributed by atoms with Crippen molar-refractivity contribution in [3.05, 3.63) is 58.6 Å². The molecule has 0 saturated carbocycles. The van der Waals surface area contributed by atoms with E-state index in [1.54, 1.807) is 23.1 Å². The molecule has 1 aliphatic rings. The van der Waals surface area contributed by atoms with Crippen LogP contribution in [0.5, 0.6) is 5.75 Å². The average Bonchev–Trinajstić information content (AvgIpc) is 2.62. The maximum atomic E-state index is 13.8. The van der Waals surface area contributed by atoms with Gasteiger partial charge in [-0.2, -0.15) is 0 Å². The van der Waals surface area contributed by atoms with Crippen LogP contribution in [0.3, 0.4) is 0 Å². The number of carbonyl (C=O) groups is 1. The summed E-state index contributed by atoms with van der Waals surface area (Å²) >= 11 is 5.92. The molecule has 5 nitrogen and oxygen atoms in total. The topological polar surface area (TPSA) is 45.7 Å². The minimum Gasteiger partial charge on any atom is -0.494 e. The van der Waals surface area contributed by atoms with Crippen molar-refractivity contribution in [1.82, 2.24) is 14.8 Å². The second-order valence-corrected chi connectivity index (χ2v) is 6.33. The molecule has 1 saturated heterocycles. The molecular weight excluding hydrogens is 345 g/mol. The zero-order valence-corrected chi connectivity index (χ0v) is 14.7. The predicted molar refractivity (Wildman–Crippen MR) is 93.4 cm³/mol. The van der Waals surface area contributed by atoms with Crippen LogP contribution >= 0.6 is 11.6 Å². The predicted octanol–water partition coefficient (Wildman–Crippen LogP) is 2.84. The molecule has 2 aromatic rings. The normalized spacial score (nSPS) is 15.2. The van der Waals surface area contributed by atoms with Crippen LogP contribution in [-0.2, 0) is 6.54 Å². The standard InChI is InChI=1S/C18H19ClFN3O2/c1-25-17-3-2-13(10-15(17)20)12-22-6-8-23(9-7-22)18(24)16-11-14(19)4-5-21-16/h2-5,10-11H,6-9,12H2,1H3. The largest absolute Gasteiger partial charge is 0.494 e. The summed E-state index contributed by atoms with van der Waals surface area (Å²) < 4.78 is 18.7. The van der Waals surface area contributed by atoms with Gasteiger partial charge in [-0.25, -0.2) is 4.39 Å². The van der Waals surface area contributed by atoms with Gasteiger partial charge in [0.05, 0.1) is 7.11 Å². The average molecular weight is 364 g/mol. The van der Waals surface area contributed by atoms with E-state index in [1.807, 2.05) is 6.07 Å². The van der Waals surface area contributed by atoms with E-state index in [2.05, 4.69) is 9.88 Å². The van der Waals surface area contributed by atoms with Crippen LogP contribution in [0.2, 0.25) is 5.02 Å². The Bertz CT molecular complexity index is 764. The zero-order chi connectivity index (χ0) is 17.8. The van der Waals surface area contributed by atoms with Gasteiger partial charge < -0.3 is 9.64 Å². The molecule has 25 heavy (non-hydrogen) atoms. The molecular formula is C18H19ClFN3O2. The van der Waals surface area contributed by atoms with E-state index >= 15 is 0 Å². The molecule has 0 N–H and O–H groups in total. The smallest absolute Gasteiger partial charge is 0.272 e. The Morgan fingerprint density at radius 2 is 2.00 bits per heavy atom. The van der Waals surface area contributed by atoms with Gasteiger partial charge in [0.15, 0.2) is 11.6 Å². The molecule has 0 atom stereocenters. The van der Waals surface area contributed by atoms with E-state index in [0.29, 0.717) is 30.4 Å². The van der Waals surface area contributed by atoms with Crippen LogP contribution in [-0.4, -0.2) is 54.0 Å². The Kier molecular flexibility index (Phi) is 5.50. The lowest BCUT2D eigenvalue weighted by molar-refractivity contribution is 0.0622. The maximum Gasteiger partial charge on any atom is 0.272 e. The Morgan fingerprint density at radius 3 is 2.64 bits per heavy atom. The van der Waals surface area contributed by atoms with Crippen molar-refractivity contribution in [1.29, 1.82) is 0 Å². The van der Waals surface area contributed by atoms with Gasteiger partial charge in [-0.1, -0.05) is 17.7 Å². The fourth-order valence-electron chi connectivity index (χ4n) is 2.86. The van der Waals surface area contributed by atoms with Crippen LogP contribution in [0.1, 0.15) is 16.1 Å². The summed E-state index contributed by atoms with van der Waals surface area (Å²) in [6.45, 7) is 3.29. The molecule has 0 bridgehead atoms.